The molecule has 0 bridgehead atoms. The number of hydrogen-bond acceptors (Lipinski definition) is 2. The highest BCUT2D eigenvalue weighted by molar-refractivity contribution is 5.80. The van der Waals surface area contributed by atoms with Crippen LogP contribution in [-0.4, -0.2) is 7.11 Å². The molecule has 0 unspecified atom stereocenters. The van der Waals surface area contributed by atoms with Gasteiger partial charge in [-0.05, 0) is 89.2 Å². The lowest BCUT2D eigenvalue weighted by Crippen LogP contribution is -1.97. The van der Waals surface area contributed by atoms with Crippen molar-refractivity contribution < 1.29 is 4.74 Å². The van der Waals surface area contributed by atoms with E-state index >= 15 is 0 Å². The SMILES string of the molecule is CCCCc1cc(-c2ccccc2)cc(-c2ccc(C#N)cc2)c1C#Cc1ccc(OC)cc1. The fourth-order valence-corrected chi connectivity index (χ4v) is 3.97. The van der Waals surface area contributed by atoms with Crippen molar-refractivity contribution in [3.63, 3.8) is 0 Å². The molecule has 0 heterocycles. The highest BCUT2D eigenvalue weighted by Gasteiger charge is 2.13. The second-order valence-electron chi connectivity index (χ2n) is 8.20. The normalized spacial score (nSPS) is 10.1. The van der Waals surface area contributed by atoms with E-state index in [0.29, 0.717) is 5.56 Å². The van der Waals surface area contributed by atoms with Crippen LogP contribution in [0.5, 0.6) is 5.75 Å². The number of benzene rings is 4. The Morgan fingerprint density at radius 3 is 2.09 bits per heavy atom. The van der Waals surface area contributed by atoms with Crippen LogP contribution >= 0.6 is 0 Å². The van der Waals surface area contributed by atoms with Crippen molar-refractivity contribution in [1.29, 1.82) is 5.26 Å². The van der Waals surface area contributed by atoms with Crippen LogP contribution in [0.2, 0.25) is 0 Å². The third-order valence-corrected chi connectivity index (χ3v) is 5.87. The molecule has 0 N–H and O–H groups in total. The molecule has 0 aliphatic rings. The zero-order chi connectivity index (χ0) is 23.8. The number of hydrogen-bond donors (Lipinski definition) is 0. The van der Waals surface area contributed by atoms with Crippen LogP contribution in [-0.2, 0) is 6.42 Å². The maximum Gasteiger partial charge on any atom is 0.118 e. The van der Waals surface area contributed by atoms with Crippen LogP contribution in [0.4, 0.5) is 0 Å². The lowest BCUT2D eigenvalue weighted by Gasteiger charge is -2.15. The zero-order valence-electron chi connectivity index (χ0n) is 19.6. The van der Waals surface area contributed by atoms with E-state index in [1.165, 1.54) is 16.7 Å². The van der Waals surface area contributed by atoms with Gasteiger partial charge in [0.05, 0.1) is 18.7 Å². The standard InChI is InChI=1S/C32H27NO/c1-3-4-8-28-21-29(26-9-6-5-7-10-26)22-32(27-16-11-25(23-33)12-17-27)31(28)20-15-24-13-18-30(34-2)19-14-24/h5-7,9-14,16-19,21-22H,3-4,8H2,1-2H3. The summed E-state index contributed by atoms with van der Waals surface area (Å²) in [4.78, 5) is 0. The first-order chi connectivity index (χ1) is 16.7. The van der Waals surface area contributed by atoms with Crippen molar-refractivity contribution in [3.8, 4) is 45.9 Å². The summed E-state index contributed by atoms with van der Waals surface area (Å²) in [5.74, 6) is 7.68. The van der Waals surface area contributed by atoms with E-state index in [4.69, 9.17) is 4.74 Å². The largest absolute Gasteiger partial charge is 0.497 e. The topological polar surface area (TPSA) is 33.0 Å². The van der Waals surface area contributed by atoms with Gasteiger partial charge in [0.1, 0.15) is 5.75 Å². The first-order valence-electron chi connectivity index (χ1n) is 11.6. The predicted molar refractivity (Wildman–Crippen MR) is 140 cm³/mol. The molecular weight excluding hydrogens is 414 g/mol. The lowest BCUT2D eigenvalue weighted by atomic mass is 9.88. The molecule has 4 aromatic rings. The maximum absolute atomic E-state index is 9.25. The summed E-state index contributed by atoms with van der Waals surface area (Å²) in [6.45, 7) is 2.21. The van der Waals surface area contributed by atoms with E-state index in [9.17, 15) is 5.26 Å². The first-order valence-corrected chi connectivity index (χ1v) is 11.6. The van der Waals surface area contributed by atoms with Crippen LogP contribution in [0.3, 0.4) is 0 Å². The molecule has 166 valence electrons. The Kier molecular flexibility index (Phi) is 7.44. The van der Waals surface area contributed by atoms with Gasteiger partial charge in [-0.25, -0.2) is 0 Å². The molecule has 0 aliphatic carbocycles. The molecule has 0 radical (unpaired) electrons. The molecule has 2 heteroatoms. The number of ether oxygens (including phenoxy) is 1. The fraction of sp³-hybridized carbons (Fsp3) is 0.156. The van der Waals surface area contributed by atoms with Gasteiger partial charge < -0.3 is 4.74 Å². The number of nitriles is 1. The van der Waals surface area contributed by atoms with Crippen molar-refractivity contribution >= 4 is 0 Å². The van der Waals surface area contributed by atoms with E-state index in [-0.39, 0.29) is 0 Å². The average molecular weight is 442 g/mol. The molecule has 4 aromatic carbocycles. The fourth-order valence-electron chi connectivity index (χ4n) is 3.97. The third kappa shape index (κ3) is 5.37. The highest BCUT2D eigenvalue weighted by Crippen LogP contribution is 2.33. The summed E-state index contributed by atoms with van der Waals surface area (Å²) in [5.41, 5.74) is 8.43. The second kappa shape index (κ2) is 11.0. The minimum Gasteiger partial charge on any atom is -0.497 e. The molecular formula is C32H27NO. The van der Waals surface area contributed by atoms with E-state index in [1.807, 2.05) is 54.6 Å². The molecule has 2 nitrogen and oxygen atoms in total. The number of rotatable bonds is 6. The summed E-state index contributed by atoms with van der Waals surface area (Å²) < 4.78 is 5.28. The van der Waals surface area contributed by atoms with Gasteiger partial charge in [0.2, 0.25) is 0 Å². The Hall–Kier alpha value is -4.27. The minimum absolute atomic E-state index is 0.653. The van der Waals surface area contributed by atoms with Gasteiger partial charge in [0, 0.05) is 11.1 Å². The Balaban J connectivity index is 1.90. The maximum atomic E-state index is 9.25. The molecule has 0 aromatic heterocycles. The van der Waals surface area contributed by atoms with E-state index in [0.717, 1.165) is 47.3 Å². The molecule has 0 amide bonds. The van der Waals surface area contributed by atoms with Gasteiger partial charge in [-0.2, -0.15) is 5.26 Å². The van der Waals surface area contributed by atoms with Gasteiger partial charge in [-0.3, -0.25) is 0 Å². The number of unbranched alkanes of at least 4 members (excludes halogenated alkanes) is 1. The Bertz CT molecular complexity index is 1350. The van der Waals surface area contributed by atoms with E-state index in [2.05, 4.69) is 61.2 Å². The predicted octanol–water partition coefficient (Wildman–Crippen LogP) is 7.64. The van der Waals surface area contributed by atoms with E-state index in [1.54, 1.807) is 7.11 Å². The molecule has 0 fully saturated rings. The summed E-state index contributed by atoms with van der Waals surface area (Å²) in [5, 5.41) is 9.25. The van der Waals surface area contributed by atoms with Crippen molar-refractivity contribution in [2.24, 2.45) is 0 Å². The third-order valence-electron chi connectivity index (χ3n) is 5.87. The van der Waals surface area contributed by atoms with Gasteiger partial charge >= 0.3 is 0 Å². The first kappa shape index (κ1) is 22.9. The van der Waals surface area contributed by atoms with Crippen molar-refractivity contribution in [2.75, 3.05) is 7.11 Å². The summed E-state index contributed by atoms with van der Waals surface area (Å²) >= 11 is 0. The highest BCUT2D eigenvalue weighted by atomic mass is 16.5. The molecule has 0 saturated carbocycles. The van der Waals surface area contributed by atoms with Crippen molar-refractivity contribution in [3.05, 3.63) is 113 Å². The average Bonchev–Trinajstić information content (AvgIpc) is 2.91. The molecule has 34 heavy (non-hydrogen) atoms. The Morgan fingerprint density at radius 1 is 0.735 bits per heavy atom. The molecule has 0 saturated heterocycles. The lowest BCUT2D eigenvalue weighted by molar-refractivity contribution is 0.415. The van der Waals surface area contributed by atoms with E-state index < -0.39 is 0 Å². The van der Waals surface area contributed by atoms with Crippen LogP contribution in [0, 0.1) is 23.2 Å². The second-order valence-corrected chi connectivity index (χ2v) is 8.20. The Labute approximate surface area is 202 Å². The number of aryl methyl sites for hydroxylation is 1. The van der Waals surface area contributed by atoms with Gasteiger partial charge in [-0.15, -0.1) is 0 Å². The van der Waals surface area contributed by atoms with Crippen LogP contribution in [0.1, 0.15) is 42.0 Å². The Morgan fingerprint density at radius 2 is 1.44 bits per heavy atom. The number of methoxy groups -OCH3 is 1. The smallest absolute Gasteiger partial charge is 0.118 e. The monoisotopic (exact) mass is 441 g/mol. The summed E-state index contributed by atoms with van der Waals surface area (Å²) in [7, 11) is 1.67. The van der Waals surface area contributed by atoms with Crippen molar-refractivity contribution in [1.82, 2.24) is 0 Å². The molecule has 0 spiro atoms. The minimum atomic E-state index is 0.653. The van der Waals surface area contributed by atoms with Gasteiger partial charge in [0.15, 0.2) is 0 Å². The van der Waals surface area contributed by atoms with Crippen molar-refractivity contribution in [2.45, 2.75) is 26.2 Å². The van der Waals surface area contributed by atoms with Crippen LogP contribution in [0.15, 0.2) is 91.0 Å². The molecule has 0 atom stereocenters. The molecule has 0 aliphatic heterocycles. The van der Waals surface area contributed by atoms with Crippen LogP contribution in [0.25, 0.3) is 22.3 Å². The zero-order valence-corrected chi connectivity index (χ0v) is 19.6. The van der Waals surface area contributed by atoms with Crippen LogP contribution < -0.4 is 4.74 Å². The summed E-state index contributed by atoms with van der Waals surface area (Å²) in [6.07, 6.45) is 3.18. The summed E-state index contributed by atoms with van der Waals surface area (Å²) in [6, 6.07) is 32.8. The van der Waals surface area contributed by atoms with Gasteiger partial charge in [-0.1, -0.05) is 67.6 Å². The number of nitrogens with zero attached hydrogens (tertiary/aromatic N) is 1. The molecule has 4 rings (SSSR count). The quantitative estimate of drug-likeness (QED) is 0.288. The van der Waals surface area contributed by atoms with Gasteiger partial charge in [0.25, 0.3) is 0 Å².